The number of fused-ring (bicyclic) bond motifs is 1. The third-order valence-corrected chi connectivity index (χ3v) is 4.67. The molecule has 0 unspecified atom stereocenters. The molecular formula is C23H20N4O2. The fourth-order valence-electron chi connectivity index (χ4n) is 3.24. The van der Waals surface area contributed by atoms with Crippen LogP contribution in [0, 0.1) is 0 Å². The van der Waals surface area contributed by atoms with Gasteiger partial charge in [-0.3, -0.25) is 4.79 Å². The van der Waals surface area contributed by atoms with E-state index in [9.17, 15) is 4.79 Å². The van der Waals surface area contributed by atoms with Crippen LogP contribution in [-0.4, -0.2) is 30.3 Å². The Morgan fingerprint density at radius 3 is 2.34 bits per heavy atom. The molecule has 6 heteroatoms. The summed E-state index contributed by atoms with van der Waals surface area (Å²) in [5.74, 6) is 0.902. The molecular weight excluding hydrogens is 364 g/mol. The highest BCUT2D eigenvalue weighted by molar-refractivity contribution is 6.01. The van der Waals surface area contributed by atoms with Crippen LogP contribution in [0.4, 0.5) is 11.5 Å². The average Bonchev–Trinajstić information content (AvgIpc) is 2.79. The van der Waals surface area contributed by atoms with Gasteiger partial charge in [-0.1, -0.05) is 54.6 Å². The molecule has 4 aromatic rings. The predicted molar refractivity (Wildman–Crippen MR) is 115 cm³/mol. The number of carbonyl (C=O) groups excluding carboxylic acids is 1. The van der Waals surface area contributed by atoms with Gasteiger partial charge in [-0.15, -0.1) is 10.2 Å². The highest BCUT2D eigenvalue weighted by Crippen LogP contribution is 2.32. The summed E-state index contributed by atoms with van der Waals surface area (Å²) in [6, 6.07) is 23.3. The predicted octanol–water partition coefficient (Wildman–Crippen LogP) is 4.41. The van der Waals surface area contributed by atoms with Crippen molar-refractivity contribution < 1.29 is 9.53 Å². The van der Waals surface area contributed by atoms with E-state index < -0.39 is 0 Å². The standard InChI is InChI=1S/C23H20N4O2/c1-24-23(28)19-14-16(12-13-20(19)29-2)25-22-18-11-7-6-10-17(18)21(26-27-22)15-8-4-3-5-9-15/h3-14H,1-2H3,(H,24,28)(H,25,27). The molecule has 1 heterocycles. The summed E-state index contributed by atoms with van der Waals surface area (Å²) in [5, 5.41) is 16.7. The Kier molecular flexibility index (Phi) is 5.07. The molecule has 0 saturated carbocycles. The van der Waals surface area contributed by atoms with Gasteiger partial charge < -0.3 is 15.4 Å². The first-order valence-electron chi connectivity index (χ1n) is 9.19. The number of nitrogens with one attached hydrogen (secondary N) is 2. The van der Waals surface area contributed by atoms with E-state index in [0.29, 0.717) is 17.1 Å². The van der Waals surface area contributed by atoms with Crippen LogP contribution in [0.3, 0.4) is 0 Å². The van der Waals surface area contributed by atoms with Crippen molar-refractivity contribution in [3.63, 3.8) is 0 Å². The number of nitrogens with zero attached hydrogens (tertiary/aromatic N) is 2. The molecule has 4 rings (SSSR count). The van der Waals surface area contributed by atoms with Gasteiger partial charge in [0.25, 0.3) is 5.91 Å². The summed E-state index contributed by atoms with van der Waals surface area (Å²) >= 11 is 0. The van der Waals surface area contributed by atoms with E-state index in [1.54, 1.807) is 19.2 Å². The largest absolute Gasteiger partial charge is 0.496 e. The van der Waals surface area contributed by atoms with Gasteiger partial charge in [0, 0.05) is 29.1 Å². The summed E-state index contributed by atoms with van der Waals surface area (Å²) in [6.07, 6.45) is 0. The van der Waals surface area contributed by atoms with E-state index in [-0.39, 0.29) is 5.91 Å². The van der Waals surface area contributed by atoms with Gasteiger partial charge in [-0.25, -0.2) is 0 Å². The molecule has 29 heavy (non-hydrogen) atoms. The second-order valence-electron chi connectivity index (χ2n) is 6.43. The van der Waals surface area contributed by atoms with Crippen molar-refractivity contribution in [1.29, 1.82) is 0 Å². The molecule has 0 fully saturated rings. The Balaban J connectivity index is 1.78. The monoisotopic (exact) mass is 384 g/mol. The molecule has 3 aromatic carbocycles. The van der Waals surface area contributed by atoms with Crippen LogP contribution in [0.2, 0.25) is 0 Å². The van der Waals surface area contributed by atoms with E-state index in [1.165, 1.54) is 7.11 Å². The molecule has 0 spiro atoms. The number of amides is 1. The maximum atomic E-state index is 12.2. The fourth-order valence-corrected chi connectivity index (χ4v) is 3.24. The van der Waals surface area contributed by atoms with Crippen molar-refractivity contribution in [2.45, 2.75) is 0 Å². The number of benzene rings is 3. The van der Waals surface area contributed by atoms with Crippen LogP contribution in [0.1, 0.15) is 10.4 Å². The summed E-state index contributed by atoms with van der Waals surface area (Å²) in [4.78, 5) is 12.2. The number of aromatic nitrogens is 2. The van der Waals surface area contributed by atoms with Crippen LogP contribution in [-0.2, 0) is 0 Å². The number of methoxy groups -OCH3 is 1. The minimum atomic E-state index is -0.221. The maximum Gasteiger partial charge on any atom is 0.254 e. The van der Waals surface area contributed by atoms with Crippen LogP contribution >= 0.6 is 0 Å². The number of ether oxygens (including phenoxy) is 1. The fraction of sp³-hybridized carbons (Fsp3) is 0.0870. The molecule has 144 valence electrons. The van der Waals surface area contributed by atoms with Crippen LogP contribution < -0.4 is 15.4 Å². The van der Waals surface area contributed by atoms with Crippen molar-refractivity contribution in [2.75, 3.05) is 19.5 Å². The van der Waals surface area contributed by atoms with Gasteiger partial charge in [-0.2, -0.15) is 0 Å². The zero-order chi connectivity index (χ0) is 20.2. The lowest BCUT2D eigenvalue weighted by Gasteiger charge is -2.13. The zero-order valence-electron chi connectivity index (χ0n) is 16.1. The zero-order valence-corrected chi connectivity index (χ0v) is 16.1. The van der Waals surface area contributed by atoms with Gasteiger partial charge in [-0.05, 0) is 18.2 Å². The molecule has 0 aliphatic rings. The number of hydrogen-bond donors (Lipinski definition) is 2. The highest BCUT2D eigenvalue weighted by Gasteiger charge is 2.14. The Morgan fingerprint density at radius 1 is 0.897 bits per heavy atom. The van der Waals surface area contributed by atoms with Crippen molar-refractivity contribution in [1.82, 2.24) is 15.5 Å². The first-order chi connectivity index (χ1) is 14.2. The van der Waals surface area contributed by atoms with Gasteiger partial charge >= 0.3 is 0 Å². The van der Waals surface area contributed by atoms with E-state index in [1.807, 2.05) is 60.7 Å². The lowest BCUT2D eigenvalue weighted by Crippen LogP contribution is -2.18. The normalized spacial score (nSPS) is 10.6. The van der Waals surface area contributed by atoms with Crippen molar-refractivity contribution in [3.05, 3.63) is 78.4 Å². The van der Waals surface area contributed by atoms with E-state index >= 15 is 0 Å². The number of hydrogen-bond acceptors (Lipinski definition) is 5. The van der Waals surface area contributed by atoms with E-state index in [4.69, 9.17) is 4.74 Å². The summed E-state index contributed by atoms with van der Waals surface area (Å²) in [7, 11) is 3.12. The minimum Gasteiger partial charge on any atom is -0.496 e. The van der Waals surface area contributed by atoms with Crippen LogP contribution in [0.5, 0.6) is 5.75 Å². The second kappa shape index (κ2) is 7.98. The molecule has 0 saturated heterocycles. The molecule has 6 nitrogen and oxygen atoms in total. The number of carbonyl (C=O) groups is 1. The Bertz CT molecular complexity index is 1180. The minimum absolute atomic E-state index is 0.221. The molecule has 2 N–H and O–H groups in total. The molecule has 0 aliphatic heterocycles. The third-order valence-electron chi connectivity index (χ3n) is 4.67. The van der Waals surface area contributed by atoms with Gasteiger partial charge in [0.2, 0.25) is 0 Å². The average molecular weight is 384 g/mol. The van der Waals surface area contributed by atoms with Crippen molar-refractivity contribution in [3.8, 4) is 17.0 Å². The Morgan fingerprint density at radius 2 is 1.62 bits per heavy atom. The summed E-state index contributed by atoms with van der Waals surface area (Å²) < 4.78 is 5.29. The first kappa shape index (κ1) is 18.4. The van der Waals surface area contributed by atoms with Gasteiger partial charge in [0.15, 0.2) is 5.82 Å². The van der Waals surface area contributed by atoms with Crippen LogP contribution in [0.25, 0.3) is 22.0 Å². The van der Waals surface area contributed by atoms with E-state index in [0.717, 1.165) is 27.7 Å². The van der Waals surface area contributed by atoms with Crippen LogP contribution in [0.15, 0.2) is 72.8 Å². The smallest absolute Gasteiger partial charge is 0.254 e. The Hall–Kier alpha value is -3.93. The number of anilines is 2. The third kappa shape index (κ3) is 3.60. The first-order valence-corrected chi connectivity index (χ1v) is 9.19. The SMILES string of the molecule is CNC(=O)c1cc(Nc2nnc(-c3ccccc3)c3ccccc23)ccc1OC. The Labute approximate surface area is 168 Å². The topological polar surface area (TPSA) is 76.1 Å². The molecule has 0 atom stereocenters. The lowest BCUT2D eigenvalue weighted by atomic mass is 10.0. The molecule has 0 aliphatic carbocycles. The van der Waals surface area contributed by atoms with Gasteiger partial charge in [0.05, 0.1) is 12.7 Å². The number of rotatable bonds is 5. The summed E-state index contributed by atoms with van der Waals surface area (Å²) in [5.41, 5.74) is 3.00. The van der Waals surface area contributed by atoms with E-state index in [2.05, 4.69) is 20.8 Å². The lowest BCUT2D eigenvalue weighted by molar-refractivity contribution is 0.0960. The quantitative estimate of drug-likeness (QED) is 0.533. The van der Waals surface area contributed by atoms with Gasteiger partial charge in [0.1, 0.15) is 11.4 Å². The maximum absolute atomic E-state index is 12.2. The van der Waals surface area contributed by atoms with Crippen molar-refractivity contribution in [2.24, 2.45) is 0 Å². The molecule has 1 aromatic heterocycles. The highest BCUT2D eigenvalue weighted by atomic mass is 16.5. The summed E-state index contributed by atoms with van der Waals surface area (Å²) in [6.45, 7) is 0. The second-order valence-corrected chi connectivity index (χ2v) is 6.43. The van der Waals surface area contributed by atoms with Crippen molar-refractivity contribution >= 4 is 28.2 Å². The molecule has 0 radical (unpaired) electrons. The molecule has 0 bridgehead atoms. The molecule has 1 amide bonds.